The number of carbonyl (C=O) groups excluding carboxylic acids is 1. The van der Waals surface area contributed by atoms with E-state index in [1.165, 1.54) is 12.1 Å². The van der Waals surface area contributed by atoms with Gasteiger partial charge in [-0.1, -0.05) is 19.1 Å². The van der Waals surface area contributed by atoms with E-state index in [1.54, 1.807) is 0 Å². The molecule has 3 atom stereocenters. The Bertz CT molecular complexity index is 479. The van der Waals surface area contributed by atoms with E-state index >= 15 is 0 Å². The highest BCUT2D eigenvalue weighted by molar-refractivity contribution is 5.82. The largest absolute Gasteiger partial charge is 0.396 e. The minimum Gasteiger partial charge on any atom is -0.396 e. The molecule has 3 nitrogen and oxygen atoms in total. The van der Waals surface area contributed by atoms with Crippen molar-refractivity contribution >= 4 is 5.91 Å². The molecule has 0 aliphatic heterocycles. The summed E-state index contributed by atoms with van der Waals surface area (Å²) in [4.78, 5) is 11.8. The maximum Gasteiger partial charge on any atom is 0.223 e. The third-order valence-corrected chi connectivity index (χ3v) is 3.44. The first-order valence-electron chi connectivity index (χ1n) is 6.37. The monoisotopic (exact) mass is 269 g/mol. The lowest BCUT2D eigenvalue weighted by molar-refractivity contribution is -0.122. The van der Waals surface area contributed by atoms with Gasteiger partial charge in [-0.25, -0.2) is 8.78 Å². The lowest BCUT2D eigenvalue weighted by Gasteiger charge is -2.09. The molecular weight excluding hydrogens is 252 g/mol. The van der Waals surface area contributed by atoms with Gasteiger partial charge in [0.05, 0.1) is 0 Å². The van der Waals surface area contributed by atoms with Crippen LogP contribution in [-0.2, 0) is 4.79 Å². The molecule has 0 radical (unpaired) electrons. The summed E-state index contributed by atoms with van der Waals surface area (Å²) in [5.74, 6) is -2.42. The molecule has 1 aliphatic rings. The Morgan fingerprint density at radius 1 is 1.53 bits per heavy atom. The second kappa shape index (κ2) is 5.65. The molecule has 5 heteroatoms. The Balaban J connectivity index is 1.93. The molecule has 0 aromatic heterocycles. The van der Waals surface area contributed by atoms with Crippen LogP contribution in [-0.4, -0.2) is 24.2 Å². The predicted octanol–water partition coefficient (Wildman–Crippen LogP) is 1.81. The number of amides is 1. The zero-order valence-corrected chi connectivity index (χ0v) is 10.7. The first kappa shape index (κ1) is 13.9. The van der Waals surface area contributed by atoms with Crippen LogP contribution < -0.4 is 5.32 Å². The summed E-state index contributed by atoms with van der Waals surface area (Å²) in [6, 6.07) is 4.04. The molecule has 1 aliphatic carbocycles. The van der Waals surface area contributed by atoms with E-state index in [0.717, 1.165) is 6.07 Å². The van der Waals surface area contributed by atoms with Crippen molar-refractivity contribution in [2.24, 2.45) is 11.8 Å². The Kier molecular flexibility index (Phi) is 4.14. The number of nitrogens with one attached hydrogen (secondary N) is 1. The van der Waals surface area contributed by atoms with E-state index in [9.17, 15) is 13.6 Å². The highest BCUT2D eigenvalue weighted by Crippen LogP contribution is 2.48. The average molecular weight is 269 g/mol. The second-order valence-corrected chi connectivity index (χ2v) is 5.12. The van der Waals surface area contributed by atoms with Crippen LogP contribution in [0.25, 0.3) is 0 Å². The average Bonchev–Trinajstić information content (AvgIpc) is 3.19. The normalized spacial score (nSPS) is 22.9. The van der Waals surface area contributed by atoms with Crippen LogP contribution in [0.4, 0.5) is 8.78 Å². The zero-order chi connectivity index (χ0) is 14.0. The van der Waals surface area contributed by atoms with E-state index in [1.807, 2.05) is 6.92 Å². The first-order valence-corrected chi connectivity index (χ1v) is 6.37. The van der Waals surface area contributed by atoms with Crippen LogP contribution in [0, 0.1) is 23.5 Å². The molecule has 19 heavy (non-hydrogen) atoms. The molecule has 2 rings (SSSR count). The molecule has 0 heterocycles. The molecular formula is C14H17F2NO2. The van der Waals surface area contributed by atoms with Crippen LogP contribution in [0.1, 0.15) is 24.8 Å². The van der Waals surface area contributed by atoms with Crippen LogP contribution >= 0.6 is 0 Å². The zero-order valence-electron chi connectivity index (χ0n) is 10.7. The topological polar surface area (TPSA) is 49.3 Å². The highest BCUT2D eigenvalue weighted by Gasteiger charge is 2.45. The van der Waals surface area contributed by atoms with Gasteiger partial charge >= 0.3 is 0 Å². The third-order valence-electron chi connectivity index (χ3n) is 3.44. The maximum atomic E-state index is 13.6. The number of hydrogen-bond acceptors (Lipinski definition) is 2. The predicted molar refractivity (Wildman–Crippen MR) is 66.5 cm³/mol. The summed E-state index contributed by atoms with van der Waals surface area (Å²) in [5, 5.41) is 11.6. The molecule has 1 saturated carbocycles. The maximum absolute atomic E-state index is 13.6. The van der Waals surface area contributed by atoms with Gasteiger partial charge in [-0.15, -0.1) is 0 Å². The number of carbonyl (C=O) groups is 1. The molecule has 0 saturated heterocycles. The smallest absolute Gasteiger partial charge is 0.223 e. The Morgan fingerprint density at radius 3 is 2.95 bits per heavy atom. The Labute approximate surface area is 110 Å². The Hall–Kier alpha value is -1.49. The minimum absolute atomic E-state index is 0.00685. The van der Waals surface area contributed by atoms with E-state index < -0.39 is 11.6 Å². The number of aliphatic hydroxyl groups is 1. The molecule has 104 valence electrons. The molecule has 2 N–H and O–H groups in total. The number of halogens is 2. The number of hydrogen-bond donors (Lipinski definition) is 2. The fourth-order valence-electron chi connectivity index (χ4n) is 2.11. The summed E-state index contributed by atoms with van der Waals surface area (Å²) in [7, 11) is 0. The van der Waals surface area contributed by atoms with Crippen molar-refractivity contribution in [2.45, 2.75) is 19.3 Å². The molecule has 0 spiro atoms. The lowest BCUT2D eigenvalue weighted by Crippen LogP contribution is -2.31. The molecule has 3 unspecified atom stereocenters. The van der Waals surface area contributed by atoms with Crippen LogP contribution in [0.2, 0.25) is 0 Å². The molecule has 1 amide bonds. The molecule has 0 bridgehead atoms. The minimum atomic E-state index is -0.877. The van der Waals surface area contributed by atoms with Crippen LogP contribution in [0.3, 0.4) is 0 Å². The summed E-state index contributed by atoms with van der Waals surface area (Å²) in [5.41, 5.74) is 0.273. The fourth-order valence-corrected chi connectivity index (χ4v) is 2.11. The van der Waals surface area contributed by atoms with Gasteiger partial charge in [-0.2, -0.15) is 0 Å². The van der Waals surface area contributed by atoms with Gasteiger partial charge in [0, 0.05) is 19.1 Å². The summed E-state index contributed by atoms with van der Waals surface area (Å²) < 4.78 is 26.6. The van der Waals surface area contributed by atoms with Crippen molar-refractivity contribution in [1.29, 1.82) is 0 Å². The van der Waals surface area contributed by atoms with Gasteiger partial charge < -0.3 is 10.4 Å². The molecule has 1 fully saturated rings. The molecule has 1 aromatic rings. The standard InChI is InChI=1S/C14H17F2NO2/c1-8(7-18)6-17-14(19)11-5-10(11)9-3-2-4-12(15)13(9)16/h2-4,8,10-11,18H,5-7H2,1H3,(H,17,19). The van der Waals surface area contributed by atoms with E-state index in [0.29, 0.717) is 13.0 Å². The summed E-state index contributed by atoms with van der Waals surface area (Å²) in [6.07, 6.45) is 0.541. The van der Waals surface area contributed by atoms with Crippen LogP contribution in [0.15, 0.2) is 18.2 Å². The van der Waals surface area contributed by atoms with Crippen molar-refractivity contribution in [3.8, 4) is 0 Å². The highest BCUT2D eigenvalue weighted by atomic mass is 19.2. The first-order chi connectivity index (χ1) is 9.04. The van der Waals surface area contributed by atoms with Gasteiger partial charge in [0.2, 0.25) is 5.91 Å². The fraction of sp³-hybridized carbons (Fsp3) is 0.500. The summed E-state index contributed by atoms with van der Waals surface area (Å²) >= 11 is 0. The van der Waals surface area contributed by atoms with E-state index in [4.69, 9.17) is 5.11 Å². The number of rotatable bonds is 5. The van der Waals surface area contributed by atoms with Crippen LogP contribution in [0.5, 0.6) is 0 Å². The second-order valence-electron chi connectivity index (χ2n) is 5.12. The SMILES string of the molecule is CC(CO)CNC(=O)C1CC1c1cccc(F)c1F. The van der Waals surface area contributed by atoms with Crippen molar-refractivity contribution in [3.63, 3.8) is 0 Å². The Morgan fingerprint density at radius 2 is 2.26 bits per heavy atom. The van der Waals surface area contributed by atoms with Gasteiger partial charge in [-0.05, 0) is 29.9 Å². The van der Waals surface area contributed by atoms with E-state index in [-0.39, 0.29) is 35.8 Å². The van der Waals surface area contributed by atoms with Gasteiger partial charge in [0.15, 0.2) is 11.6 Å². The summed E-state index contributed by atoms with van der Waals surface area (Å²) in [6.45, 7) is 2.22. The van der Waals surface area contributed by atoms with Gasteiger partial charge in [-0.3, -0.25) is 4.79 Å². The molecule has 1 aromatic carbocycles. The van der Waals surface area contributed by atoms with Crippen molar-refractivity contribution in [2.75, 3.05) is 13.2 Å². The van der Waals surface area contributed by atoms with Crippen molar-refractivity contribution < 1.29 is 18.7 Å². The number of aliphatic hydroxyl groups excluding tert-OH is 1. The van der Waals surface area contributed by atoms with Crippen molar-refractivity contribution in [3.05, 3.63) is 35.4 Å². The van der Waals surface area contributed by atoms with E-state index in [2.05, 4.69) is 5.32 Å². The quantitative estimate of drug-likeness (QED) is 0.856. The van der Waals surface area contributed by atoms with Gasteiger partial charge in [0.25, 0.3) is 0 Å². The number of benzene rings is 1. The lowest BCUT2D eigenvalue weighted by atomic mass is 10.1. The van der Waals surface area contributed by atoms with Crippen molar-refractivity contribution in [1.82, 2.24) is 5.32 Å². The third kappa shape index (κ3) is 3.10. The van der Waals surface area contributed by atoms with Gasteiger partial charge in [0.1, 0.15) is 0 Å².